The van der Waals surface area contributed by atoms with Crippen molar-refractivity contribution in [2.24, 2.45) is 5.92 Å². The zero-order chi connectivity index (χ0) is 16.8. The molecule has 0 aliphatic carbocycles. The molecule has 0 saturated carbocycles. The zero-order valence-corrected chi connectivity index (χ0v) is 14.4. The van der Waals surface area contributed by atoms with Crippen molar-refractivity contribution < 1.29 is 4.79 Å². The fraction of sp³-hybridized carbons (Fsp3) is 0.381. The predicted octanol–water partition coefficient (Wildman–Crippen LogP) is 3.57. The van der Waals surface area contributed by atoms with Gasteiger partial charge in [-0.1, -0.05) is 48.0 Å². The van der Waals surface area contributed by atoms with E-state index in [1.807, 2.05) is 18.2 Å². The highest BCUT2D eigenvalue weighted by Gasteiger charge is 2.22. The number of carbonyl (C=O) groups excluding carboxylic acids is 1. The topological polar surface area (TPSA) is 32.3 Å². The summed E-state index contributed by atoms with van der Waals surface area (Å²) < 4.78 is 0. The lowest BCUT2D eigenvalue weighted by Gasteiger charge is -2.19. The first-order valence-corrected chi connectivity index (χ1v) is 8.83. The van der Waals surface area contributed by atoms with Gasteiger partial charge >= 0.3 is 0 Å². The number of benzene rings is 2. The smallest absolute Gasteiger partial charge is 0.220 e. The molecule has 1 atom stereocenters. The first kappa shape index (κ1) is 16.6. The molecule has 1 aliphatic rings. The largest absolute Gasteiger partial charge is 0.371 e. The molecule has 1 unspecified atom stereocenters. The molecule has 126 valence electrons. The number of hydrogen-bond donors (Lipinski definition) is 1. The molecule has 0 bridgehead atoms. The van der Waals surface area contributed by atoms with Crippen molar-refractivity contribution >= 4 is 11.6 Å². The van der Waals surface area contributed by atoms with Crippen LogP contribution in [0, 0.1) is 12.8 Å². The Morgan fingerprint density at radius 3 is 2.62 bits per heavy atom. The van der Waals surface area contributed by atoms with E-state index in [4.69, 9.17) is 0 Å². The number of carbonyl (C=O) groups is 1. The van der Waals surface area contributed by atoms with Gasteiger partial charge in [-0.2, -0.15) is 0 Å². The summed E-state index contributed by atoms with van der Waals surface area (Å²) in [6.45, 7) is 5.01. The Kier molecular flexibility index (Phi) is 5.52. The van der Waals surface area contributed by atoms with Crippen LogP contribution in [0.5, 0.6) is 0 Å². The lowest BCUT2D eigenvalue weighted by Crippen LogP contribution is -2.31. The minimum absolute atomic E-state index is 0.160. The van der Waals surface area contributed by atoms with Gasteiger partial charge in [0.1, 0.15) is 0 Å². The van der Waals surface area contributed by atoms with Gasteiger partial charge in [-0.15, -0.1) is 0 Å². The molecular formula is C21H26N2O. The van der Waals surface area contributed by atoms with Crippen molar-refractivity contribution in [2.75, 3.05) is 24.5 Å². The highest BCUT2D eigenvalue weighted by Crippen LogP contribution is 2.23. The molecular weight excluding hydrogens is 296 g/mol. The van der Waals surface area contributed by atoms with Gasteiger partial charge in [0.15, 0.2) is 0 Å². The van der Waals surface area contributed by atoms with Gasteiger partial charge < -0.3 is 10.2 Å². The van der Waals surface area contributed by atoms with Crippen LogP contribution in [0.1, 0.15) is 24.0 Å². The number of anilines is 1. The van der Waals surface area contributed by atoms with Crippen molar-refractivity contribution in [3.63, 3.8) is 0 Å². The van der Waals surface area contributed by atoms with Crippen LogP contribution in [-0.2, 0) is 11.2 Å². The molecule has 1 fully saturated rings. The monoisotopic (exact) mass is 322 g/mol. The highest BCUT2D eigenvalue weighted by molar-refractivity contribution is 5.76. The summed E-state index contributed by atoms with van der Waals surface area (Å²) in [7, 11) is 0. The molecule has 0 spiro atoms. The van der Waals surface area contributed by atoms with E-state index < -0.39 is 0 Å². The van der Waals surface area contributed by atoms with E-state index in [0.717, 1.165) is 32.5 Å². The van der Waals surface area contributed by atoms with Crippen LogP contribution in [0.2, 0.25) is 0 Å². The number of hydrogen-bond acceptors (Lipinski definition) is 2. The second-order valence-corrected chi connectivity index (χ2v) is 6.73. The van der Waals surface area contributed by atoms with E-state index >= 15 is 0 Å². The van der Waals surface area contributed by atoms with E-state index in [1.54, 1.807) is 0 Å². The normalized spacial score (nSPS) is 17.0. The van der Waals surface area contributed by atoms with Gasteiger partial charge in [-0.05, 0) is 43.4 Å². The van der Waals surface area contributed by atoms with Crippen molar-refractivity contribution in [1.29, 1.82) is 0 Å². The second-order valence-electron chi connectivity index (χ2n) is 6.73. The molecule has 24 heavy (non-hydrogen) atoms. The Labute approximate surface area is 144 Å². The maximum Gasteiger partial charge on any atom is 0.220 e. The lowest BCUT2D eigenvalue weighted by molar-refractivity contribution is -0.121. The molecule has 1 saturated heterocycles. The first-order valence-electron chi connectivity index (χ1n) is 8.83. The Bertz CT molecular complexity index is 651. The molecule has 1 heterocycles. The summed E-state index contributed by atoms with van der Waals surface area (Å²) in [5.41, 5.74) is 3.80. The van der Waals surface area contributed by atoms with E-state index in [1.165, 1.54) is 16.8 Å². The van der Waals surface area contributed by atoms with Crippen LogP contribution in [0.4, 0.5) is 5.69 Å². The molecule has 3 rings (SSSR count). The van der Waals surface area contributed by atoms with Gasteiger partial charge in [-0.3, -0.25) is 4.79 Å². The van der Waals surface area contributed by atoms with Crippen molar-refractivity contribution in [3.8, 4) is 0 Å². The molecule has 0 radical (unpaired) electrons. The third-order valence-electron chi connectivity index (χ3n) is 4.76. The molecule has 3 nitrogen and oxygen atoms in total. The maximum absolute atomic E-state index is 12.0. The average Bonchev–Trinajstić information content (AvgIpc) is 3.09. The molecule has 1 aliphatic heterocycles. The summed E-state index contributed by atoms with van der Waals surface area (Å²) in [6, 6.07) is 18.9. The van der Waals surface area contributed by atoms with Crippen LogP contribution in [-0.4, -0.2) is 25.5 Å². The van der Waals surface area contributed by atoms with Crippen LogP contribution in [0.25, 0.3) is 0 Å². The Morgan fingerprint density at radius 1 is 1.12 bits per heavy atom. The van der Waals surface area contributed by atoms with Crippen LogP contribution < -0.4 is 10.2 Å². The predicted molar refractivity (Wildman–Crippen MR) is 99.3 cm³/mol. The molecule has 1 N–H and O–H groups in total. The van der Waals surface area contributed by atoms with Crippen molar-refractivity contribution in [2.45, 2.75) is 26.2 Å². The SMILES string of the molecule is Cc1ccc(N2CCC(CNC(=O)CCc3ccccc3)C2)cc1. The summed E-state index contributed by atoms with van der Waals surface area (Å²) in [5.74, 6) is 0.708. The third-order valence-corrected chi connectivity index (χ3v) is 4.76. The lowest BCUT2D eigenvalue weighted by atomic mass is 10.1. The molecule has 1 amide bonds. The number of nitrogens with zero attached hydrogens (tertiary/aromatic N) is 1. The highest BCUT2D eigenvalue weighted by atomic mass is 16.1. The number of amides is 1. The van der Waals surface area contributed by atoms with Crippen LogP contribution in [0.15, 0.2) is 54.6 Å². The average molecular weight is 322 g/mol. The minimum atomic E-state index is 0.160. The zero-order valence-electron chi connectivity index (χ0n) is 14.4. The van der Waals surface area contributed by atoms with Crippen LogP contribution >= 0.6 is 0 Å². The van der Waals surface area contributed by atoms with Crippen molar-refractivity contribution in [3.05, 3.63) is 65.7 Å². The van der Waals surface area contributed by atoms with Crippen LogP contribution in [0.3, 0.4) is 0 Å². The van der Waals surface area contributed by atoms with E-state index in [-0.39, 0.29) is 5.91 Å². The standard InChI is InChI=1S/C21H26N2O/c1-17-7-10-20(11-8-17)23-14-13-19(16-23)15-22-21(24)12-9-18-5-3-2-4-6-18/h2-8,10-11,19H,9,12-16H2,1H3,(H,22,24). The van der Waals surface area contributed by atoms with Gasteiger partial charge in [0.05, 0.1) is 0 Å². The number of rotatable bonds is 6. The Balaban J connectivity index is 1.39. The first-order chi connectivity index (χ1) is 11.7. The fourth-order valence-corrected chi connectivity index (χ4v) is 3.24. The van der Waals surface area contributed by atoms with Gasteiger partial charge in [0.25, 0.3) is 0 Å². The number of nitrogens with one attached hydrogen (secondary N) is 1. The minimum Gasteiger partial charge on any atom is -0.371 e. The maximum atomic E-state index is 12.0. The molecule has 2 aromatic carbocycles. The van der Waals surface area contributed by atoms with Gasteiger partial charge in [-0.25, -0.2) is 0 Å². The summed E-state index contributed by atoms with van der Waals surface area (Å²) in [6.07, 6.45) is 2.53. The molecule has 0 aromatic heterocycles. The quantitative estimate of drug-likeness (QED) is 0.882. The molecule has 3 heteroatoms. The fourth-order valence-electron chi connectivity index (χ4n) is 3.24. The number of aryl methyl sites for hydroxylation is 2. The van der Waals surface area contributed by atoms with E-state index in [2.05, 4.69) is 53.5 Å². The van der Waals surface area contributed by atoms with Crippen molar-refractivity contribution in [1.82, 2.24) is 5.32 Å². The van der Waals surface area contributed by atoms with E-state index in [0.29, 0.717) is 12.3 Å². The summed E-state index contributed by atoms with van der Waals surface area (Å²) in [4.78, 5) is 14.5. The Hall–Kier alpha value is -2.29. The van der Waals surface area contributed by atoms with E-state index in [9.17, 15) is 4.79 Å². The summed E-state index contributed by atoms with van der Waals surface area (Å²) in [5, 5.41) is 3.11. The van der Waals surface area contributed by atoms with Gasteiger partial charge in [0.2, 0.25) is 5.91 Å². The van der Waals surface area contributed by atoms with Gasteiger partial charge in [0, 0.05) is 31.7 Å². The third kappa shape index (κ3) is 4.60. The second kappa shape index (κ2) is 8.00. The summed E-state index contributed by atoms with van der Waals surface area (Å²) >= 11 is 0. The Morgan fingerprint density at radius 2 is 1.88 bits per heavy atom. The molecule has 2 aromatic rings.